The SMILES string of the molecule is CCCNCc1cc(CN2CCCN(C)CC2C)c(C)o1. The van der Waals surface area contributed by atoms with Gasteiger partial charge in [-0.1, -0.05) is 6.92 Å². The summed E-state index contributed by atoms with van der Waals surface area (Å²) >= 11 is 0. The van der Waals surface area contributed by atoms with E-state index in [1.807, 2.05) is 0 Å². The summed E-state index contributed by atoms with van der Waals surface area (Å²) in [6.45, 7) is 13.0. The van der Waals surface area contributed by atoms with Crippen molar-refractivity contribution in [3.63, 3.8) is 0 Å². The lowest BCUT2D eigenvalue weighted by molar-refractivity contribution is 0.193. The highest BCUT2D eigenvalue weighted by Gasteiger charge is 2.21. The van der Waals surface area contributed by atoms with Crippen molar-refractivity contribution in [1.29, 1.82) is 0 Å². The average Bonchev–Trinajstić information content (AvgIpc) is 2.69. The minimum absolute atomic E-state index is 0.605. The molecule has 1 saturated heterocycles. The van der Waals surface area contributed by atoms with E-state index in [1.165, 1.54) is 25.1 Å². The Morgan fingerprint density at radius 2 is 2.19 bits per heavy atom. The molecule has 21 heavy (non-hydrogen) atoms. The second-order valence-corrected chi connectivity index (χ2v) is 6.41. The van der Waals surface area contributed by atoms with Crippen molar-refractivity contribution in [2.45, 2.75) is 52.7 Å². The maximum absolute atomic E-state index is 5.89. The molecule has 0 amide bonds. The summed E-state index contributed by atoms with van der Waals surface area (Å²) in [5.41, 5.74) is 1.35. The van der Waals surface area contributed by atoms with Crippen LogP contribution in [0.1, 0.15) is 43.8 Å². The molecule has 0 saturated carbocycles. The van der Waals surface area contributed by atoms with Gasteiger partial charge in [0.15, 0.2) is 0 Å². The van der Waals surface area contributed by atoms with Crippen molar-refractivity contribution >= 4 is 0 Å². The number of rotatable bonds is 6. The van der Waals surface area contributed by atoms with Gasteiger partial charge < -0.3 is 14.6 Å². The van der Waals surface area contributed by atoms with Crippen molar-refractivity contribution in [1.82, 2.24) is 15.1 Å². The normalized spacial score (nSPS) is 21.6. The van der Waals surface area contributed by atoms with Crippen LogP contribution in [0, 0.1) is 6.92 Å². The molecule has 1 unspecified atom stereocenters. The lowest BCUT2D eigenvalue weighted by Gasteiger charge is -2.27. The topological polar surface area (TPSA) is 31.6 Å². The van der Waals surface area contributed by atoms with E-state index in [4.69, 9.17) is 4.42 Å². The molecule has 4 heteroatoms. The molecule has 1 aliphatic heterocycles. The Hall–Kier alpha value is -0.840. The molecule has 2 rings (SSSR count). The molecule has 0 aliphatic carbocycles. The number of hydrogen-bond donors (Lipinski definition) is 1. The zero-order valence-electron chi connectivity index (χ0n) is 14.1. The molecule has 1 N–H and O–H groups in total. The molecule has 1 aromatic rings. The highest BCUT2D eigenvalue weighted by Crippen LogP contribution is 2.19. The van der Waals surface area contributed by atoms with Gasteiger partial charge in [0.05, 0.1) is 6.54 Å². The van der Waals surface area contributed by atoms with Gasteiger partial charge in [0.2, 0.25) is 0 Å². The minimum atomic E-state index is 0.605. The number of aryl methyl sites for hydroxylation is 1. The molecular weight excluding hydrogens is 262 g/mol. The molecular formula is C17H31N3O. The first-order valence-corrected chi connectivity index (χ1v) is 8.31. The minimum Gasteiger partial charge on any atom is -0.465 e. The second kappa shape index (κ2) is 7.97. The van der Waals surface area contributed by atoms with Crippen LogP contribution in [0.4, 0.5) is 0 Å². The third-order valence-corrected chi connectivity index (χ3v) is 4.36. The van der Waals surface area contributed by atoms with E-state index < -0.39 is 0 Å². The standard InChI is InChI=1S/C17H31N3O/c1-5-7-18-11-17-10-16(15(3)21-17)13-20-9-6-8-19(4)12-14(20)2/h10,14,18H,5-9,11-13H2,1-4H3. The van der Waals surface area contributed by atoms with Gasteiger partial charge in [-0.25, -0.2) is 0 Å². The number of nitrogens with one attached hydrogen (secondary N) is 1. The van der Waals surface area contributed by atoms with E-state index >= 15 is 0 Å². The third kappa shape index (κ3) is 4.83. The zero-order valence-corrected chi connectivity index (χ0v) is 14.1. The molecule has 0 aromatic carbocycles. The van der Waals surface area contributed by atoms with Crippen LogP contribution in [-0.2, 0) is 13.1 Å². The maximum Gasteiger partial charge on any atom is 0.118 e. The third-order valence-electron chi connectivity index (χ3n) is 4.36. The van der Waals surface area contributed by atoms with Crippen LogP contribution in [0.2, 0.25) is 0 Å². The molecule has 1 aliphatic rings. The van der Waals surface area contributed by atoms with Crippen molar-refractivity contribution in [2.75, 3.05) is 33.2 Å². The number of hydrogen-bond acceptors (Lipinski definition) is 4. The molecule has 1 atom stereocenters. The fourth-order valence-electron chi connectivity index (χ4n) is 3.10. The molecule has 2 heterocycles. The highest BCUT2D eigenvalue weighted by atomic mass is 16.3. The number of likely N-dealkylation sites (N-methyl/N-ethyl adjacent to an activating group) is 1. The van der Waals surface area contributed by atoms with Crippen molar-refractivity contribution in [2.24, 2.45) is 0 Å². The van der Waals surface area contributed by atoms with Crippen LogP contribution >= 0.6 is 0 Å². The summed E-state index contributed by atoms with van der Waals surface area (Å²) < 4.78 is 5.89. The van der Waals surface area contributed by atoms with Crippen LogP contribution in [-0.4, -0.2) is 49.1 Å². The van der Waals surface area contributed by atoms with Gasteiger partial charge >= 0.3 is 0 Å². The predicted octanol–water partition coefficient (Wildman–Crippen LogP) is 2.61. The van der Waals surface area contributed by atoms with E-state index in [2.05, 4.69) is 49.0 Å². The van der Waals surface area contributed by atoms with Gasteiger partial charge in [-0.15, -0.1) is 0 Å². The zero-order chi connectivity index (χ0) is 15.2. The largest absolute Gasteiger partial charge is 0.465 e. The van der Waals surface area contributed by atoms with Crippen LogP contribution in [0.3, 0.4) is 0 Å². The van der Waals surface area contributed by atoms with Gasteiger partial charge in [-0.3, -0.25) is 4.90 Å². The Balaban J connectivity index is 1.95. The predicted molar refractivity (Wildman–Crippen MR) is 87.4 cm³/mol. The molecule has 4 nitrogen and oxygen atoms in total. The molecule has 1 fully saturated rings. The highest BCUT2D eigenvalue weighted by molar-refractivity contribution is 5.21. The number of furan rings is 1. The van der Waals surface area contributed by atoms with Crippen LogP contribution in [0.15, 0.2) is 10.5 Å². The summed E-state index contributed by atoms with van der Waals surface area (Å²) in [5, 5.41) is 3.41. The first kappa shape index (κ1) is 16.5. The van der Waals surface area contributed by atoms with Gasteiger partial charge in [0.1, 0.15) is 11.5 Å². The quantitative estimate of drug-likeness (QED) is 0.817. The first-order valence-electron chi connectivity index (χ1n) is 8.31. The Morgan fingerprint density at radius 3 is 2.95 bits per heavy atom. The van der Waals surface area contributed by atoms with E-state index in [1.54, 1.807) is 0 Å². The fourth-order valence-corrected chi connectivity index (χ4v) is 3.10. The van der Waals surface area contributed by atoms with Crippen molar-refractivity contribution in [3.8, 4) is 0 Å². The fraction of sp³-hybridized carbons (Fsp3) is 0.765. The maximum atomic E-state index is 5.89. The molecule has 0 spiro atoms. The summed E-state index contributed by atoms with van der Waals surface area (Å²) in [6, 6.07) is 2.84. The smallest absolute Gasteiger partial charge is 0.118 e. The Bertz CT molecular complexity index is 430. The van der Waals surface area contributed by atoms with Crippen molar-refractivity contribution in [3.05, 3.63) is 23.2 Å². The Kier molecular flexibility index (Phi) is 6.27. The summed E-state index contributed by atoms with van der Waals surface area (Å²) in [6.07, 6.45) is 2.41. The van der Waals surface area contributed by atoms with E-state index in [0.717, 1.165) is 44.1 Å². The van der Waals surface area contributed by atoms with Crippen LogP contribution in [0.25, 0.3) is 0 Å². The summed E-state index contributed by atoms with van der Waals surface area (Å²) in [7, 11) is 2.22. The number of nitrogens with zero attached hydrogens (tertiary/aromatic N) is 2. The van der Waals surface area contributed by atoms with Crippen molar-refractivity contribution < 1.29 is 4.42 Å². The first-order chi connectivity index (χ1) is 10.1. The van der Waals surface area contributed by atoms with E-state index in [0.29, 0.717) is 6.04 Å². The summed E-state index contributed by atoms with van der Waals surface area (Å²) in [5.74, 6) is 2.14. The second-order valence-electron chi connectivity index (χ2n) is 6.41. The van der Waals surface area contributed by atoms with Gasteiger partial charge in [0, 0.05) is 31.2 Å². The van der Waals surface area contributed by atoms with Gasteiger partial charge in [-0.05, 0) is 52.9 Å². The molecule has 0 bridgehead atoms. The van der Waals surface area contributed by atoms with E-state index in [9.17, 15) is 0 Å². The average molecular weight is 293 g/mol. The molecule has 0 radical (unpaired) electrons. The lowest BCUT2D eigenvalue weighted by atomic mass is 10.2. The van der Waals surface area contributed by atoms with Crippen LogP contribution in [0.5, 0.6) is 0 Å². The Morgan fingerprint density at radius 1 is 1.38 bits per heavy atom. The monoisotopic (exact) mass is 293 g/mol. The van der Waals surface area contributed by atoms with Crippen LogP contribution < -0.4 is 5.32 Å². The van der Waals surface area contributed by atoms with E-state index in [-0.39, 0.29) is 0 Å². The summed E-state index contributed by atoms with van der Waals surface area (Å²) in [4.78, 5) is 5.03. The molecule has 120 valence electrons. The lowest BCUT2D eigenvalue weighted by Crippen LogP contribution is -2.37. The Labute approximate surface area is 129 Å². The molecule has 1 aromatic heterocycles. The van der Waals surface area contributed by atoms with Gasteiger partial charge in [-0.2, -0.15) is 0 Å². The van der Waals surface area contributed by atoms with Gasteiger partial charge in [0.25, 0.3) is 0 Å².